The molecule has 1 unspecified atom stereocenters. The summed E-state index contributed by atoms with van der Waals surface area (Å²) in [6.07, 6.45) is 4.22. The molecular formula is C19H22Br2N2O2. The number of para-hydroxylation sites is 1. The van der Waals surface area contributed by atoms with Gasteiger partial charge in [0, 0.05) is 23.1 Å². The number of halogens is 2. The fraction of sp³-hybridized carbons (Fsp3) is 0.263. The highest BCUT2D eigenvalue weighted by molar-refractivity contribution is 8.93. The largest absolute Gasteiger partial charge is 1.00 e. The van der Waals surface area contributed by atoms with E-state index in [2.05, 4.69) is 51.4 Å². The van der Waals surface area contributed by atoms with E-state index in [9.17, 15) is 10.1 Å². The molecule has 0 saturated heterocycles. The molecule has 2 aromatic carbocycles. The van der Waals surface area contributed by atoms with E-state index in [1.165, 1.54) is 11.3 Å². The highest BCUT2D eigenvalue weighted by Gasteiger charge is 2.44. The summed E-state index contributed by atoms with van der Waals surface area (Å²) in [5.74, 6) is 0. The van der Waals surface area contributed by atoms with E-state index >= 15 is 0 Å². The Kier molecular flexibility index (Phi) is 6.73. The Labute approximate surface area is 169 Å². The van der Waals surface area contributed by atoms with Crippen molar-refractivity contribution < 1.29 is 21.9 Å². The Morgan fingerprint density at radius 1 is 1.12 bits per heavy atom. The molecule has 134 valence electrons. The predicted molar refractivity (Wildman–Crippen MR) is 105 cm³/mol. The van der Waals surface area contributed by atoms with Gasteiger partial charge >= 0.3 is 0 Å². The first-order valence-corrected chi connectivity index (χ1v) is 7.71. The van der Waals surface area contributed by atoms with Crippen LogP contribution in [-0.2, 0) is 5.41 Å². The third kappa shape index (κ3) is 4.19. The second-order valence-corrected chi connectivity index (χ2v) is 6.99. The molecule has 0 spiro atoms. The number of nitro benzene ring substituents is 1. The molecule has 1 atom stereocenters. The number of hydrogen-bond acceptors (Lipinski definition) is 2. The van der Waals surface area contributed by atoms with Gasteiger partial charge in [0.05, 0.1) is 18.5 Å². The smallest absolute Gasteiger partial charge is 0.269 e. The van der Waals surface area contributed by atoms with Crippen LogP contribution in [0, 0.1) is 10.1 Å². The van der Waals surface area contributed by atoms with Crippen molar-refractivity contribution in [3.05, 3.63) is 76.0 Å². The number of fused-ring (bicyclic) bond motifs is 1. The van der Waals surface area contributed by atoms with Crippen LogP contribution >= 0.6 is 17.0 Å². The van der Waals surface area contributed by atoms with E-state index in [4.69, 9.17) is 0 Å². The molecule has 0 N–H and O–H groups in total. The Hall–Kier alpha value is -1.50. The van der Waals surface area contributed by atoms with Crippen molar-refractivity contribution in [2.45, 2.75) is 19.3 Å². The molecule has 1 aliphatic heterocycles. The lowest BCUT2D eigenvalue weighted by atomic mass is 9.87. The summed E-state index contributed by atoms with van der Waals surface area (Å²) >= 11 is 0. The summed E-state index contributed by atoms with van der Waals surface area (Å²) in [5, 5.41) is 10.7. The molecule has 4 nitrogen and oxygen atoms in total. The van der Waals surface area contributed by atoms with Gasteiger partial charge < -0.3 is 17.0 Å². The van der Waals surface area contributed by atoms with E-state index in [-0.39, 0.29) is 50.0 Å². The van der Waals surface area contributed by atoms with E-state index < -0.39 is 0 Å². The predicted octanol–water partition coefficient (Wildman–Crippen LogP) is 2.08. The number of benzene rings is 2. The molecule has 0 amide bonds. The molecule has 0 aromatic heterocycles. The Morgan fingerprint density at radius 2 is 1.72 bits per heavy atom. The molecule has 2 aromatic rings. The van der Waals surface area contributed by atoms with E-state index in [0.29, 0.717) is 0 Å². The summed E-state index contributed by atoms with van der Waals surface area (Å²) < 4.78 is 0.736. The van der Waals surface area contributed by atoms with Crippen LogP contribution in [-0.4, -0.2) is 18.5 Å². The van der Waals surface area contributed by atoms with Crippen LogP contribution in [0.15, 0.2) is 54.7 Å². The van der Waals surface area contributed by atoms with Crippen LogP contribution in [0.1, 0.15) is 25.0 Å². The van der Waals surface area contributed by atoms with Crippen molar-refractivity contribution in [3.63, 3.8) is 0 Å². The minimum absolute atomic E-state index is 0. The van der Waals surface area contributed by atoms with Gasteiger partial charge in [-0.2, -0.15) is 0 Å². The maximum atomic E-state index is 10.7. The number of quaternary nitrogens is 1. The molecule has 0 aliphatic carbocycles. The SMILES string of the molecule is Br.CC1(C)C[N+](C)(C=Cc2ccc([N+](=O)[O-])cc2)c2ccccc21.[Br-]. The van der Waals surface area contributed by atoms with Gasteiger partial charge in [0.1, 0.15) is 11.9 Å². The minimum atomic E-state index is -0.374. The van der Waals surface area contributed by atoms with Crippen molar-refractivity contribution in [1.29, 1.82) is 0 Å². The topological polar surface area (TPSA) is 43.1 Å². The zero-order valence-corrected chi connectivity index (χ0v) is 17.8. The maximum Gasteiger partial charge on any atom is 0.269 e. The lowest BCUT2D eigenvalue weighted by molar-refractivity contribution is -0.384. The molecule has 6 heteroatoms. The number of likely N-dealkylation sites (N-methyl/N-ethyl adjacent to an activating group) is 1. The van der Waals surface area contributed by atoms with Crippen LogP contribution in [0.2, 0.25) is 0 Å². The number of hydrogen-bond donors (Lipinski definition) is 0. The van der Waals surface area contributed by atoms with Crippen LogP contribution in [0.5, 0.6) is 0 Å². The van der Waals surface area contributed by atoms with Gasteiger partial charge in [0.2, 0.25) is 0 Å². The normalized spacial score (nSPS) is 20.4. The molecular weight excluding hydrogens is 448 g/mol. The molecule has 1 aliphatic rings. The van der Waals surface area contributed by atoms with Crippen molar-refractivity contribution in [3.8, 4) is 0 Å². The van der Waals surface area contributed by atoms with Crippen LogP contribution in [0.4, 0.5) is 11.4 Å². The zero-order valence-electron chi connectivity index (χ0n) is 14.5. The monoisotopic (exact) mass is 468 g/mol. The van der Waals surface area contributed by atoms with Gasteiger partial charge in [0.15, 0.2) is 0 Å². The molecule has 0 bridgehead atoms. The van der Waals surface area contributed by atoms with Gasteiger partial charge in [-0.1, -0.05) is 32.0 Å². The first-order valence-electron chi connectivity index (χ1n) is 7.71. The fourth-order valence-electron chi connectivity index (χ4n) is 3.57. The van der Waals surface area contributed by atoms with Crippen LogP contribution in [0.25, 0.3) is 6.08 Å². The number of non-ortho nitro benzene ring substituents is 1. The van der Waals surface area contributed by atoms with Gasteiger partial charge in [-0.25, -0.2) is 0 Å². The van der Waals surface area contributed by atoms with Crippen LogP contribution < -0.4 is 21.5 Å². The number of nitro groups is 1. The second-order valence-electron chi connectivity index (χ2n) is 6.99. The average Bonchev–Trinajstić information content (AvgIpc) is 2.73. The average molecular weight is 470 g/mol. The lowest BCUT2D eigenvalue weighted by Gasteiger charge is -2.27. The van der Waals surface area contributed by atoms with E-state index in [0.717, 1.165) is 16.6 Å². The highest BCUT2D eigenvalue weighted by atomic mass is 79.9. The van der Waals surface area contributed by atoms with Crippen molar-refractivity contribution >= 4 is 34.4 Å². The molecule has 0 radical (unpaired) electrons. The summed E-state index contributed by atoms with van der Waals surface area (Å²) in [4.78, 5) is 10.3. The highest BCUT2D eigenvalue weighted by Crippen LogP contribution is 2.44. The summed E-state index contributed by atoms with van der Waals surface area (Å²) in [7, 11) is 2.20. The van der Waals surface area contributed by atoms with Gasteiger partial charge in [-0.05, 0) is 29.8 Å². The Balaban J connectivity index is 0.00000156. The standard InChI is InChI=1S/C19H21N2O2.2BrH/c1-19(2)14-21(3,18-7-5-4-6-17(18)19)13-12-15-8-10-16(11-9-15)20(22)23;;/h4-13H,14H2,1-3H3;2*1H/q+1;;/p-1. The second kappa shape index (κ2) is 7.81. The van der Waals surface area contributed by atoms with E-state index in [1.807, 2.05) is 6.08 Å². The molecule has 0 fully saturated rings. The maximum absolute atomic E-state index is 10.7. The molecule has 3 rings (SSSR count). The minimum Gasteiger partial charge on any atom is -1.00 e. The Morgan fingerprint density at radius 3 is 2.32 bits per heavy atom. The van der Waals surface area contributed by atoms with Gasteiger partial charge in [-0.15, -0.1) is 17.0 Å². The number of nitrogens with zero attached hydrogens (tertiary/aromatic N) is 2. The zero-order chi connectivity index (χ0) is 16.7. The summed E-state index contributed by atoms with van der Waals surface area (Å²) in [6.45, 7) is 5.54. The third-order valence-electron chi connectivity index (χ3n) is 4.61. The van der Waals surface area contributed by atoms with Gasteiger partial charge in [-0.3, -0.25) is 14.6 Å². The quantitative estimate of drug-likeness (QED) is 0.392. The first kappa shape index (κ1) is 21.5. The van der Waals surface area contributed by atoms with Gasteiger partial charge in [0.25, 0.3) is 5.69 Å². The molecule has 1 heterocycles. The third-order valence-corrected chi connectivity index (χ3v) is 4.61. The fourth-order valence-corrected chi connectivity index (χ4v) is 3.57. The molecule has 25 heavy (non-hydrogen) atoms. The summed E-state index contributed by atoms with van der Waals surface area (Å²) in [5.41, 5.74) is 3.92. The van der Waals surface area contributed by atoms with Crippen LogP contribution in [0.3, 0.4) is 0 Å². The van der Waals surface area contributed by atoms with Crippen molar-refractivity contribution in [1.82, 2.24) is 4.48 Å². The lowest BCUT2D eigenvalue weighted by Crippen LogP contribution is -3.00. The van der Waals surface area contributed by atoms with Crippen molar-refractivity contribution in [2.24, 2.45) is 0 Å². The first-order chi connectivity index (χ1) is 10.8. The summed E-state index contributed by atoms with van der Waals surface area (Å²) in [6, 6.07) is 15.2. The molecule has 0 saturated carbocycles. The Bertz CT molecular complexity index is 788. The van der Waals surface area contributed by atoms with E-state index in [1.54, 1.807) is 24.3 Å². The van der Waals surface area contributed by atoms with Crippen molar-refractivity contribution in [2.75, 3.05) is 13.6 Å². The number of rotatable bonds is 3.